The van der Waals surface area contributed by atoms with Gasteiger partial charge in [0.1, 0.15) is 24.0 Å². The molecule has 0 unspecified atom stereocenters. The van der Waals surface area contributed by atoms with Crippen LogP contribution in [-0.2, 0) is 17.9 Å². The van der Waals surface area contributed by atoms with Crippen molar-refractivity contribution in [2.45, 2.75) is 27.0 Å². The van der Waals surface area contributed by atoms with Crippen molar-refractivity contribution in [2.24, 2.45) is 5.92 Å². The Morgan fingerprint density at radius 1 is 1.20 bits per heavy atom. The van der Waals surface area contributed by atoms with Crippen LogP contribution in [0.15, 0.2) is 34.5 Å². The molecule has 0 N–H and O–H groups in total. The maximum absolute atomic E-state index is 13.1. The Bertz CT molecular complexity index is 1060. The third kappa shape index (κ3) is 3.51. The highest BCUT2D eigenvalue weighted by atomic mass is 79.9. The summed E-state index contributed by atoms with van der Waals surface area (Å²) in [5, 5.41) is 0. The molecule has 3 heterocycles. The molecule has 0 aliphatic carbocycles. The van der Waals surface area contributed by atoms with Gasteiger partial charge < -0.3 is 18.9 Å². The van der Waals surface area contributed by atoms with Gasteiger partial charge >= 0.3 is 0 Å². The summed E-state index contributed by atoms with van der Waals surface area (Å²) in [5.41, 5.74) is 3.21. The predicted molar refractivity (Wildman–Crippen MR) is 115 cm³/mol. The van der Waals surface area contributed by atoms with E-state index in [9.17, 15) is 4.79 Å². The minimum absolute atomic E-state index is 0.130. The Kier molecular flexibility index (Phi) is 5.05. The zero-order valence-corrected chi connectivity index (χ0v) is 18.5. The molecule has 3 aliphatic heterocycles. The molecule has 3 aliphatic rings. The largest absolute Gasteiger partial charge is 0.478 e. The van der Waals surface area contributed by atoms with Gasteiger partial charge in [-0.05, 0) is 36.3 Å². The maximum Gasteiger partial charge on any atom is 0.231 e. The van der Waals surface area contributed by atoms with Crippen LogP contribution >= 0.6 is 15.9 Å². The number of hydrogen-bond donors (Lipinski definition) is 0. The van der Waals surface area contributed by atoms with Crippen LogP contribution in [0.4, 0.5) is 0 Å². The first-order chi connectivity index (χ1) is 14.5. The molecule has 0 spiro atoms. The number of ether oxygens (including phenoxy) is 4. The van der Waals surface area contributed by atoms with Crippen LogP contribution in [0.3, 0.4) is 0 Å². The third-order valence-corrected chi connectivity index (χ3v) is 5.75. The number of nitrogens with zero attached hydrogens (tertiary/aromatic N) is 1. The van der Waals surface area contributed by atoms with E-state index in [0.29, 0.717) is 37.1 Å². The highest BCUT2D eigenvalue weighted by Gasteiger charge is 2.34. The third-order valence-electron chi connectivity index (χ3n) is 5.30. The summed E-state index contributed by atoms with van der Waals surface area (Å²) in [6.45, 7) is 7.18. The standard InChI is InChI=1S/C23H22BrNO5/c1-13(2)8-25-9-18-19(28-11-25)4-3-17-21(26)20(30-23(17)18)7-14-5-16(24)6-15-10-27-12-29-22(14)15/h3-7,13H,8-12H2,1-2H3/b20-7-. The van der Waals surface area contributed by atoms with E-state index in [1.54, 1.807) is 12.1 Å². The molecule has 0 bridgehead atoms. The van der Waals surface area contributed by atoms with Crippen molar-refractivity contribution in [1.29, 1.82) is 0 Å². The Balaban J connectivity index is 1.50. The van der Waals surface area contributed by atoms with Gasteiger partial charge in [-0.3, -0.25) is 9.69 Å². The quantitative estimate of drug-likeness (QED) is 0.602. The van der Waals surface area contributed by atoms with Crippen molar-refractivity contribution < 1.29 is 23.7 Å². The molecule has 0 aromatic heterocycles. The molecular formula is C23H22BrNO5. The van der Waals surface area contributed by atoms with E-state index in [2.05, 4.69) is 34.7 Å². The van der Waals surface area contributed by atoms with Crippen LogP contribution in [0.25, 0.3) is 6.08 Å². The Labute approximate surface area is 183 Å². The van der Waals surface area contributed by atoms with Crippen LogP contribution in [0.1, 0.15) is 40.9 Å². The van der Waals surface area contributed by atoms with Gasteiger partial charge in [-0.25, -0.2) is 0 Å². The highest BCUT2D eigenvalue weighted by molar-refractivity contribution is 9.10. The minimum atomic E-state index is -0.130. The summed E-state index contributed by atoms with van der Waals surface area (Å²) < 4.78 is 24.0. The molecule has 156 valence electrons. The summed E-state index contributed by atoms with van der Waals surface area (Å²) in [6.07, 6.45) is 1.75. The molecular weight excluding hydrogens is 450 g/mol. The number of benzene rings is 2. The molecule has 0 radical (unpaired) electrons. The van der Waals surface area contributed by atoms with Crippen LogP contribution in [0.5, 0.6) is 17.2 Å². The molecule has 0 atom stereocenters. The van der Waals surface area contributed by atoms with Gasteiger partial charge in [-0.2, -0.15) is 0 Å². The number of carbonyl (C=O) groups excluding carboxylic acids is 1. The number of hydrogen-bond acceptors (Lipinski definition) is 6. The van der Waals surface area contributed by atoms with Gasteiger partial charge in [0, 0.05) is 28.7 Å². The molecule has 30 heavy (non-hydrogen) atoms. The molecule has 0 saturated heterocycles. The summed E-state index contributed by atoms with van der Waals surface area (Å²) in [4.78, 5) is 15.3. The van der Waals surface area contributed by atoms with Crippen molar-refractivity contribution >= 4 is 27.8 Å². The average molecular weight is 472 g/mol. The number of ketones is 1. The second-order valence-corrected chi connectivity index (χ2v) is 9.05. The zero-order chi connectivity index (χ0) is 20.8. The van der Waals surface area contributed by atoms with Gasteiger partial charge in [-0.1, -0.05) is 29.8 Å². The fourth-order valence-corrected chi connectivity index (χ4v) is 4.62. The number of Topliss-reactive ketones (excluding diaryl/α,β-unsaturated/α-hetero) is 1. The van der Waals surface area contributed by atoms with Gasteiger partial charge in [-0.15, -0.1) is 0 Å². The SMILES string of the molecule is CC(C)CN1COc2ccc3c(c2C1)O/C(=C\c1cc(Br)cc2c1OCOC2)C3=O. The summed E-state index contributed by atoms with van der Waals surface area (Å²) in [7, 11) is 0. The fourth-order valence-electron chi connectivity index (χ4n) is 4.09. The van der Waals surface area contributed by atoms with Crippen LogP contribution in [0.2, 0.25) is 0 Å². The van der Waals surface area contributed by atoms with Gasteiger partial charge in [0.2, 0.25) is 5.78 Å². The molecule has 0 saturated carbocycles. The first kappa shape index (κ1) is 19.6. The molecule has 6 nitrogen and oxygen atoms in total. The van der Waals surface area contributed by atoms with Crippen LogP contribution in [0, 0.1) is 5.92 Å². The number of carbonyl (C=O) groups is 1. The minimum Gasteiger partial charge on any atom is -0.478 e. The van der Waals surface area contributed by atoms with Gasteiger partial charge in [0.15, 0.2) is 12.6 Å². The summed E-state index contributed by atoms with van der Waals surface area (Å²) >= 11 is 3.52. The van der Waals surface area contributed by atoms with E-state index in [1.165, 1.54) is 0 Å². The summed E-state index contributed by atoms with van der Waals surface area (Å²) in [5.74, 6) is 2.78. The fraction of sp³-hybridized carbons (Fsp3) is 0.348. The predicted octanol–water partition coefficient (Wildman–Crippen LogP) is 4.74. The van der Waals surface area contributed by atoms with Gasteiger partial charge in [0.05, 0.1) is 17.7 Å². The second kappa shape index (κ2) is 7.72. The van der Waals surface area contributed by atoms with Crippen molar-refractivity contribution in [2.75, 3.05) is 20.1 Å². The van der Waals surface area contributed by atoms with E-state index in [-0.39, 0.29) is 18.3 Å². The highest BCUT2D eigenvalue weighted by Crippen LogP contribution is 2.43. The lowest BCUT2D eigenvalue weighted by atomic mass is 10.0. The van der Waals surface area contributed by atoms with Gasteiger partial charge in [0.25, 0.3) is 0 Å². The number of fused-ring (bicyclic) bond motifs is 4. The van der Waals surface area contributed by atoms with Crippen LogP contribution < -0.4 is 14.2 Å². The lowest BCUT2D eigenvalue weighted by Gasteiger charge is -2.30. The maximum atomic E-state index is 13.1. The van der Waals surface area contributed by atoms with E-state index >= 15 is 0 Å². The number of allylic oxidation sites excluding steroid dienone is 1. The molecule has 0 amide bonds. The lowest BCUT2D eigenvalue weighted by molar-refractivity contribution is -0.0165. The zero-order valence-electron chi connectivity index (χ0n) is 16.9. The first-order valence-corrected chi connectivity index (χ1v) is 10.8. The molecule has 0 fully saturated rings. The number of rotatable bonds is 3. The average Bonchev–Trinajstić information content (AvgIpc) is 3.03. The van der Waals surface area contributed by atoms with Crippen molar-refractivity contribution in [1.82, 2.24) is 4.90 Å². The topological polar surface area (TPSA) is 57.2 Å². The van der Waals surface area contributed by atoms with Crippen molar-refractivity contribution in [3.05, 3.63) is 56.8 Å². The van der Waals surface area contributed by atoms with Crippen molar-refractivity contribution in [3.8, 4) is 17.2 Å². The molecule has 5 rings (SSSR count). The van der Waals surface area contributed by atoms with E-state index < -0.39 is 0 Å². The molecule has 2 aromatic carbocycles. The molecule has 7 heteroatoms. The lowest BCUT2D eigenvalue weighted by Crippen LogP contribution is -2.34. The second-order valence-electron chi connectivity index (χ2n) is 8.13. The van der Waals surface area contributed by atoms with E-state index in [0.717, 1.165) is 39.2 Å². The van der Waals surface area contributed by atoms with Crippen LogP contribution in [-0.4, -0.2) is 30.8 Å². The number of halogens is 1. The van der Waals surface area contributed by atoms with E-state index in [1.807, 2.05) is 18.2 Å². The summed E-state index contributed by atoms with van der Waals surface area (Å²) in [6, 6.07) is 7.53. The normalized spacial score (nSPS) is 19.1. The Hall–Kier alpha value is -2.35. The monoisotopic (exact) mass is 471 g/mol. The van der Waals surface area contributed by atoms with Crippen molar-refractivity contribution in [3.63, 3.8) is 0 Å². The molecule has 2 aromatic rings. The smallest absolute Gasteiger partial charge is 0.231 e. The Morgan fingerprint density at radius 3 is 2.90 bits per heavy atom. The first-order valence-electron chi connectivity index (χ1n) is 9.98. The van der Waals surface area contributed by atoms with E-state index in [4.69, 9.17) is 18.9 Å². The Morgan fingerprint density at radius 2 is 2.07 bits per heavy atom.